The summed E-state index contributed by atoms with van der Waals surface area (Å²) in [6, 6.07) is 1.85. The molecule has 1 N–H and O–H groups in total. The molecule has 17 heavy (non-hydrogen) atoms. The predicted molar refractivity (Wildman–Crippen MR) is 72.5 cm³/mol. The Morgan fingerprint density at radius 2 is 2.24 bits per heavy atom. The fourth-order valence-corrected chi connectivity index (χ4v) is 2.00. The van der Waals surface area contributed by atoms with Crippen LogP contribution >= 0.6 is 15.9 Å². The number of aryl methyl sites for hydroxylation is 2. The van der Waals surface area contributed by atoms with Crippen molar-refractivity contribution in [2.24, 2.45) is 7.05 Å². The Bertz CT molecular complexity index is 396. The molecule has 96 valence electrons. The Morgan fingerprint density at radius 3 is 2.65 bits per heavy atom. The molecule has 0 aromatic carbocycles. The molecule has 0 bridgehead atoms. The fraction of sp³-hybridized carbons (Fsp3) is 0.667. The maximum absolute atomic E-state index is 12.1. The van der Waals surface area contributed by atoms with E-state index in [-0.39, 0.29) is 11.4 Å². The van der Waals surface area contributed by atoms with E-state index in [1.807, 2.05) is 19.9 Å². The van der Waals surface area contributed by atoms with E-state index in [9.17, 15) is 4.79 Å². The van der Waals surface area contributed by atoms with Crippen LogP contribution in [0.25, 0.3) is 0 Å². The summed E-state index contributed by atoms with van der Waals surface area (Å²) >= 11 is 3.43. The van der Waals surface area contributed by atoms with Gasteiger partial charge in [-0.15, -0.1) is 0 Å². The lowest BCUT2D eigenvalue weighted by Gasteiger charge is -2.27. The number of halogens is 1. The third kappa shape index (κ3) is 3.31. The monoisotopic (exact) mass is 301 g/mol. The molecule has 0 aliphatic heterocycles. The predicted octanol–water partition coefficient (Wildman–Crippen LogP) is 2.28. The molecule has 1 aromatic heterocycles. The van der Waals surface area contributed by atoms with E-state index in [4.69, 9.17) is 0 Å². The van der Waals surface area contributed by atoms with E-state index in [0.29, 0.717) is 5.69 Å². The highest BCUT2D eigenvalue weighted by Crippen LogP contribution is 2.14. The van der Waals surface area contributed by atoms with Crippen molar-refractivity contribution in [3.63, 3.8) is 0 Å². The van der Waals surface area contributed by atoms with Crippen LogP contribution < -0.4 is 5.32 Å². The molecule has 0 spiro atoms. The third-order valence-corrected chi connectivity index (χ3v) is 4.25. The smallest absolute Gasteiger partial charge is 0.269 e. The first-order valence-corrected chi connectivity index (χ1v) is 6.99. The third-order valence-electron chi connectivity index (χ3n) is 3.02. The second-order valence-electron chi connectivity index (χ2n) is 4.50. The SMILES string of the molecule is CCc1cc(C(=O)NC(C)(CC)CBr)n(C)n1. The molecular weight excluding hydrogens is 282 g/mol. The fourth-order valence-electron chi connectivity index (χ4n) is 1.47. The summed E-state index contributed by atoms with van der Waals surface area (Å²) in [4.78, 5) is 12.1. The summed E-state index contributed by atoms with van der Waals surface area (Å²) in [6.07, 6.45) is 1.72. The number of carbonyl (C=O) groups excluding carboxylic acids is 1. The Hall–Kier alpha value is -0.840. The normalized spacial score (nSPS) is 14.4. The van der Waals surface area contributed by atoms with Crippen molar-refractivity contribution in [2.45, 2.75) is 39.2 Å². The van der Waals surface area contributed by atoms with Gasteiger partial charge in [0.2, 0.25) is 0 Å². The van der Waals surface area contributed by atoms with Gasteiger partial charge in [-0.1, -0.05) is 29.8 Å². The van der Waals surface area contributed by atoms with Crippen LogP contribution in [0.1, 0.15) is 43.4 Å². The Balaban J connectivity index is 2.86. The molecule has 4 nitrogen and oxygen atoms in total. The summed E-state index contributed by atoms with van der Waals surface area (Å²) < 4.78 is 1.64. The van der Waals surface area contributed by atoms with Crippen molar-refractivity contribution >= 4 is 21.8 Å². The lowest BCUT2D eigenvalue weighted by atomic mass is 10.0. The molecule has 0 fully saturated rings. The first kappa shape index (κ1) is 14.2. The molecule has 1 rings (SSSR count). The van der Waals surface area contributed by atoms with Crippen molar-refractivity contribution in [2.75, 3.05) is 5.33 Å². The van der Waals surface area contributed by atoms with E-state index in [1.54, 1.807) is 11.7 Å². The first-order valence-electron chi connectivity index (χ1n) is 5.87. The van der Waals surface area contributed by atoms with Gasteiger partial charge in [-0.3, -0.25) is 9.48 Å². The van der Waals surface area contributed by atoms with Crippen LogP contribution in [0.5, 0.6) is 0 Å². The van der Waals surface area contributed by atoms with Crippen LogP contribution in [-0.2, 0) is 13.5 Å². The van der Waals surface area contributed by atoms with Gasteiger partial charge in [-0.05, 0) is 25.8 Å². The van der Waals surface area contributed by atoms with Crippen LogP contribution in [0.4, 0.5) is 0 Å². The minimum absolute atomic E-state index is 0.0662. The molecule has 0 aliphatic rings. The van der Waals surface area contributed by atoms with E-state index in [0.717, 1.165) is 23.9 Å². The summed E-state index contributed by atoms with van der Waals surface area (Å²) in [6.45, 7) is 6.11. The van der Waals surface area contributed by atoms with E-state index >= 15 is 0 Å². The Morgan fingerprint density at radius 1 is 1.59 bits per heavy atom. The van der Waals surface area contributed by atoms with Gasteiger partial charge >= 0.3 is 0 Å². The van der Waals surface area contributed by atoms with Crippen molar-refractivity contribution in [3.05, 3.63) is 17.5 Å². The summed E-state index contributed by atoms with van der Waals surface area (Å²) in [7, 11) is 1.80. The van der Waals surface area contributed by atoms with Gasteiger partial charge in [0.05, 0.1) is 5.69 Å². The lowest BCUT2D eigenvalue weighted by Crippen LogP contribution is -2.47. The van der Waals surface area contributed by atoms with Crippen molar-refractivity contribution in [1.29, 1.82) is 0 Å². The first-order chi connectivity index (χ1) is 7.95. The van der Waals surface area contributed by atoms with E-state index < -0.39 is 0 Å². The topological polar surface area (TPSA) is 46.9 Å². The van der Waals surface area contributed by atoms with Gasteiger partial charge in [-0.2, -0.15) is 5.10 Å². The zero-order valence-corrected chi connectivity index (χ0v) is 12.5. The van der Waals surface area contributed by atoms with Crippen LogP contribution in [0, 0.1) is 0 Å². The number of aromatic nitrogens is 2. The largest absolute Gasteiger partial charge is 0.345 e. The second-order valence-corrected chi connectivity index (χ2v) is 5.06. The molecule has 1 aromatic rings. The molecule has 1 heterocycles. The van der Waals surface area contributed by atoms with Crippen molar-refractivity contribution in [3.8, 4) is 0 Å². The van der Waals surface area contributed by atoms with Crippen LogP contribution in [0.2, 0.25) is 0 Å². The van der Waals surface area contributed by atoms with Gasteiger partial charge in [0.1, 0.15) is 5.69 Å². The second kappa shape index (κ2) is 5.67. The van der Waals surface area contributed by atoms with E-state index in [2.05, 4.69) is 33.3 Å². The number of alkyl halides is 1. The van der Waals surface area contributed by atoms with Gasteiger partial charge in [0, 0.05) is 17.9 Å². The lowest BCUT2D eigenvalue weighted by molar-refractivity contribution is 0.0903. The van der Waals surface area contributed by atoms with Gasteiger partial charge in [0.15, 0.2) is 0 Å². The number of nitrogens with zero attached hydrogens (tertiary/aromatic N) is 2. The molecule has 1 unspecified atom stereocenters. The maximum Gasteiger partial charge on any atom is 0.269 e. The Kier molecular flexibility index (Phi) is 4.74. The minimum atomic E-state index is -0.215. The number of rotatable bonds is 5. The number of hydrogen-bond donors (Lipinski definition) is 1. The van der Waals surface area contributed by atoms with Crippen LogP contribution in [0.3, 0.4) is 0 Å². The summed E-state index contributed by atoms with van der Waals surface area (Å²) in [5.41, 5.74) is 1.34. The van der Waals surface area contributed by atoms with Crippen LogP contribution in [0.15, 0.2) is 6.07 Å². The molecule has 1 amide bonds. The average molecular weight is 302 g/mol. The standard InChI is InChI=1S/C12H20BrN3O/c1-5-9-7-10(16(4)15-9)11(17)14-12(3,6-2)8-13/h7H,5-6,8H2,1-4H3,(H,14,17). The highest BCUT2D eigenvalue weighted by atomic mass is 79.9. The zero-order chi connectivity index (χ0) is 13.1. The summed E-state index contributed by atoms with van der Waals surface area (Å²) in [5, 5.41) is 8.05. The number of nitrogens with one attached hydrogen (secondary N) is 1. The Labute approximate surface area is 111 Å². The molecule has 0 saturated carbocycles. The van der Waals surface area contributed by atoms with Crippen molar-refractivity contribution in [1.82, 2.24) is 15.1 Å². The maximum atomic E-state index is 12.1. The molecule has 0 radical (unpaired) electrons. The average Bonchev–Trinajstić information content (AvgIpc) is 2.70. The molecule has 5 heteroatoms. The number of hydrogen-bond acceptors (Lipinski definition) is 2. The van der Waals surface area contributed by atoms with E-state index in [1.165, 1.54) is 0 Å². The molecule has 0 saturated heterocycles. The molecular formula is C12H20BrN3O. The number of amides is 1. The quantitative estimate of drug-likeness (QED) is 0.848. The van der Waals surface area contributed by atoms with Gasteiger partial charge in [-0.25, -0.2) is 0 Å². The van der Waals surface area contributed by atoms with Gasteiger partial charge in [0.25, 0.3) is 5.91 Å². The van der Waals surface area contributed by atoms with Gasteiger partial charge < -0.3 is 5.32 Å². The van der Waals surface area contributed by atoms with Crippen LogP contribution in [-0.4, -0.2) is 26.6 Å². The molecule has 1 atom stereocenters. The minimum Gasteiger partial charge on any atom is -0.345 e. The molecule has 0 aliphatic carbocycles. The van der Waals surface area contributed by atoms with Crippen molar-refractivity contribution < 1.29 is 4.79 Å². The number of carbonyl (C=O) groups is 1. The zero-order valence-electron chi connectivity index (χ0n) is 10.9. The summed E-state index contributed by atoms with van der Waals surface area (Å²) in [5.74, 6) is -0.0662. The highest BCUT2D eigenvalue weighted by molar-refractivity contribution is 9.09. The highest BCUT2D eigenvalue weighted by Gasteiger charge is 2.25.